The number of hydrogen-bond acceptors (Lipinski definition) is 5. The molecule has 1 aromatic carbocycles. The third-order valence-corrected chi connectivity index (χ3v) is 4.01. The third-order valence-electron chi connectivity index (χ3n) is 2.82. The number of nitrogen functional groups attached to an aromatic ring is 1. The van der Waals surface area contributed by atoms with E-state index in [1.807, 2.05) is 0 Å². The Morgan fingerprint density at radius 1 is 1.58 bits per heavy atom. The van der Waals surface area contributed by atoms with Gasteiger partial charge in [0.1, 0.15) is 5.75 Å². The first kappa shape index (κ1) is 14.0. The summed E-state index contributed by atoms with van der Waals surface area (Å²) >= 11 is 1.78. The van der Waals surface area contributed by atoms with Crippen LogP contribution in [0.4, 0.5) is 11.4 Å². The third kappa shape index (κ3) is 4.04. The van der Waals surface area contributed by atoms with Gasteiger partial charge in [-0.1, -0.05) is 0 Å². The molecule has 1 aromatic rings. The molecule has 0 radical (unpaired) electrons. The number of nitrogens with two attached hydrogens (primary N) is 1. The van der Waals surface area contributed by atoms with Gasteiger partial charge in [0.25, 0.3) is 0 Å². The Labute approximate surface area is 116 Å². The largest absolute Gasteiger partial charge is 0.497 e. The van der Waals surface area contributed by atoms with E-state index in [1.54, 1.807) is 37.1 Å². The molecule has 0 spiro atoms. The van der Waals surface area contributed by atoms with Crippen molar-refractivity contribution < 1.29 is 14.3 Å². The van der Waals surface area contributed by atoms with Crippen LogP contribution in [-0.2, 0) is 9.53 Å². The van der Waals surface area contributed by atoms with Crippen LogP contribution in [0.3, 0.4) is 0 Å². The Morgan fingerprint density at radius 3 is 2.95 bits per heavy atom. The first-order valence-corrected chi connectivity index (χ1v) is 7.16. The van der Waals surface area contributed by atoms with Crippen molar-refractivity contribution >= 4 is 29.0 Å². The molecule has 1 aliphatic rings. The van der Waals surface area contributed by atoms with E-state index in [1.165, 1.54) is 0 Å². The fourth-order valence-electron chi connectivity index (χ4n) is 1.62. The van der Waals surface area contributed by atoms with E-state index in [2.05, 4.69) is 5.32 Å². The van der Waals surface area contributed by atoms with Gasteiger partial charge in [-0.2, -0.15) is 11.8 Å². The molecule has 2 rings (SSSR count). The molecule has 3 N–H and O–H groups in total. The predicted molar refractivity (Wildman–Crippen MR) is 77.7 cm³/mol. The van der Waals surface area contributed by atoms with Crippen molar-refractivity contribution in [3.8, 4) is 5.75 Å². The normalized spacial score (nSPS) is 14.8. The summed E-state index contributed by atoms with van der Waals surface area (Å²) in [6.45, 7) is 1.61. The molecular weight excluding hydrogens is 264 g/mol. The number of hydrogen-bond donors (Lipinski definition) is 2. The van der Waals surface area contributed by atoms with Gasteiger partial charge in [-0.05, 0) is 12.1 Å². The van der Waals surface area contributed by atoms with E-state index >= 15 is 0 Å². The Morgan fingerprint density at radius 2 is 2.37 bits per heavy atom. The highest BCUT2D eigenvalue weighted by Gasteiger charge is 2.18. The average molecular weight is 282 g/mol. The molecule has 6 heteroatoms. The fraction of sp³-hybridized carbons (Fsp3) is 0.462. The summed E-state index contributed by atoms with van der Waals surface area (Å²) in [6, 6.07) is 5.21. The minimum absolute atomic E-state index is 0.0235. The van der Waals surface area contributed by atoms with Gasteiger partial charge in [0.2, 0.25) is 5.91 Å². The molecule has 0 atom stereocenters. The molecule has 0 unspecified atom stereocenters. The van der Waals surface area contributed by atoms with Crippen molar-refractivity contribution in [2.45, 2.75) is 11.7 Å². The monoisotopic (exact) mass is 282 g/mol. The second-order valence-corrected chi connectivity index (χ2v) is 5.69. The molecule has 0 aliphatic carbocycles. The van der Waals surface area contributed by atoms with Crippen LogP contribution in [0.1, 0.15) is 6.42 Å². The van der Waals surface area contributed by atoms with E-state index in [4.69, 9.17) is 15.2 Å². The number of nitrogens with one attached hydrogen (secondary N) is 1. The maximum Gasteiger partial charge on any atom is 0.225 e. The highest BCUT2D eigenvalue weighted by atomic mass is 32.2. The summed E-state index contributed by atoms with van der Waals surface area (Å²) in [5.41, 5.74) is 6.97. The molecule has 104 valence electrons. The molecule has 0 aromatic heterocycles. The Hall–Kier alpha value is -1.40. The van der Waals surface area contributed by atoms with Crippen LogP contribution in [0.5, 0.6) is 5.75 Å². The van der Waals surface area contributed by atoms with Crippen molar-refractivity contribution in [3.05, 3.63) is 18.2 Å². The number of rotatable bonds is 6. The highest BCUT2D eigenvalue weighted by molar-refractivity contribution is 8.00. The molecule has 1 aliphatic heterocycles. The summed E-state index contributed by atoms with van der Waals surface area (Å²) in [5.74, 6) is 1.45. The zero-order valence-electron chi connectivity index (χ0n) is 10.8. The minimum Gasteiger partial charge on any atom is -0.497 e. The highest BCUT2D eigenvalue weighted by Crippen LogP contribution is 2.24. The lowest BCUT2D eigenvalue weighted by molar-refractivity contribution is -0.115. The second-order valence-electron chi connectivity index (χ2n) is 4.28. The van der Waals surface area contributed by atoms with Gasteiger partial charge in [0.15, 0.2) is 0 Å². The van der Waals surface area contributed by atoms with Crippen LogP contribution < -0.4 is 15.8 Å². The van der Waals surface area contributed by atoms with Gasteiger partial charge < -0.3 is 20.5 Å². The smallest absolute Gasteiger partial charge is 0.225 e. The SMILES string of the molecule is COc1ccc(NC(=O)CCSC2COC2)c(N)c1. The van der Waals surface area contributed by atoms with Gasteiger partial charge in [0.05, 0.1) is 36.9 Å². The lowest BCUT2D eigenvalue weighted by Gasteiger charge is -2.25. The minimum atomic E-state index is -0.0235. The zero-order chi connectivity index (χ0) is 13.7. The summed E-state index contributed by atoms with van der Waals surface area (Å²) in [6.07, 6.45) is 0.479. The summed E-state index contributed by atoms with van der Waals surface area (Å²) in [4.78, 5) is 11.8. The molecule has 5 nitrogen and oxygen atoms in total. The van der Waals surface area contributed by atoms with Crippen molar-refractivity contribution in [2.75, 3.05) is 37.1 Å². The van der Waals surface area contributed by atoms with E-state index in [0.29, 0.717) is 28.8 Å². The van der Waals surface area contributed by atoms with Crippen molar-refractivity contribution in [1.29, 1.82) is 0 Å². The van der Waals surface area contributed by atoms with Crippen LogP contribution in [0.25, 0.3) is 0 Å². The number of carbonyl (C=O) groups excluding carboxylic acids is 1. The Kier molecular flexibility index (Phi) is 4.93. The quantitative estimate of drug-likeness (QED) is 0.777. The maximum absolute atomic E-state index is 11.8. The number of benzene rings is 1. The first-order valence-electron chi connectivity index (χ1n) is 6.11. The Balaban J connectivity index is 1.77. The lowest BCUT2D eigenvalue weighted by Crippen LogP contribution is -2.30. The van der Waals surface area contributed by atoms with Crippen LogP contribution >= 0.6 is 11.8 Å². The topological polar surface area (TPSA) is 73.6 Å². The summed E-state index contributed by atoms with van der Waals surface area (Å²) in [7, 11) is 1.58. The van der Waals surface area contributed by atoms with Gasteiger partial charge in [-0.15, -0.1) is 0 Å². The first-order chi connectivity index (χ1) is 9.19. The van der Waals surface area contributed by atoms with Crippen LogP contribution in [0.15, 0.2) is 18.2 Å². The number of carbonyl (C=O) groups is 1. The van der Waals surface area contributed by atoms with Crippen LogP contribution in [0, 0.1) is 0 Å². The number of anilines is 2. The van der Waals surface area contributed by atoms with E-state index in [-0.39, 0.29) is 5.91 Å². The zero-order valence-corrected chi connectivity index (χ0v) is 11.7. The molecule has 19 heavy (non-hydrogen) atoms. The van der Waals surface area contributed by atoms with E-state index < -0.39 is 0 Å². The Bertz CT molecular complexity index is 450. The molecular formula is C13H18N2O3S. The summed E-state index contributed by atoms with van der Waals surface area (Å²) < 4.78 is 10.1. The van der Waals surface area contributed by atoms with E-state index in [9.17, 15) is 4.79 Å². The van der Waals surface area contributed by atoms with Crippen molar-refractivity contribution in [1.82, 2.24) is 0 Å². The molecule has 1 amide bonds. The summed E-state index contributed by atoms with van der Waals surface area (Å²) in [5, 5.41) is 3.36. The molecule has 1 heterocycles. The predicted octanol–water partition coefficient (Wildman–Crippen LogP) is 1.74. The molecule has 0 saturated carbocycles. The molecule has 1 fully saturated rings. The number of methoxy groups -OCH3 is 1. The molecule has 0 bridgehead atoms. The number of amides is 1. The number of thioether (sulfide) groups is 1. The number of ether oxygens (including phenoxy) is 2. The second kappa shape index (κ2) is 6.68. The average Bonchev–Trinajstić information content (AvgIpc) is 2.35. The van der Waals surface area contributed by atoms with Gasteiger partial charge in [-0.3, -0.25) is 4.79 Å². The maximum atomic E-state index is 11.8. The van der Waals surface area contributed by atoms with Crippen molar-refractivity contribution in [2.24, 2.45) is 0 Å². The van der Waals surface area contributed by atoms with Gasteiger partial charge >= 0.3 is 0 Å². The van der Waals surface area contributed by atoms with Crippen LogP contribution in [-0.4, -0.2) is 37.2 Å². The van der Waals surface area contributed by atoms with Crippen LogP contribution in [0.2, 0.25) is 0 Å². The standard InChI is InChI=1S/C13H18N2O3S/c1-17-9-2-3-12(11(14)6-9)15-13(16)4-5-19-10-7-18-8-10/h2-3,6,10H,4-5,7-8,14H2,1H3,(H,15,16). The van der Waals surface area contributed by atoms with E-state index in [0.717, 1.165) is 19.0 Å². The van der Waals surface area contributed by atoms with Gasteiger partial charge in [-0.25, -0.2) is 0 Å². The van der Waals surface area contributed by atoms with Crippen molar-refractivity contribution in [3.63, 3.8) is 0 Å². The van der Waals surface area contributed by atoms with Gasteiger partial charge in [0, 0.05) is 18.2 Å². The molecule has 1 saturated heterocycles. The fourth-order valence-corrected chi connectivity index (χ4v) is 2.64. The lowest BCUT2D eigenvalue weighted by atomic mass is 10.2.